The lowest BCUT2D eigenvalue weighted by Crippen LogP contribution is -2.39. The van der Waals surface area contributed by atoms with Gasteiger partial charge in [0.1, 0.15) is 0 Å². The third-order valence-electron chi connectivity index (χ3n) is 3.07. The highest BCUT2D eigenvalue weighted by Crippen LogP contribution is 2.48. The molecule has 1 aliphatic rings. The summed E-state index contributed by atoms with van der Waals surface area (Å²) in [6.45, 7) is -0.116. The van der Waals surface area contributed by atoms with E-state index in [1.54, 1.807) is 12.1 Å². The molecule has 5 nitrogen and oxygen atoms in total. The van der Waals surface area contributed by atoms with E-state index in [2.05, 4.69) is 5.32 Å². The number of hydrogen-bond donors (Lipinski definition) is 3. The second-order valence-corrected chi connectivity index (χ2v) is 4.35. The molecule has 17 heavy (non-hydrogen) atoms. The van der Waals surface area contributed by atoms with E-state index in [1.807, 2.05) is 12.1 Å². The van der Waals surface area contributed by atoms with Crippen molar-refractivity contribution in [1.82, 2.24) is 5.32 Å². The summed E-state index contributed by atoms with van der Waals surface area (Å²) in [5.74, 6) is -0.674. The molecule has 5 heteroatoms. The number of carbonyl (C=O) groups excluding carboxylic acids is 2. The summed E-state index contributed by atoms with van der Waals surface area (Å²) in [5.41, 5.74) is 11.7. The van der Waals surface area contributed by atoms with Crippen LogP contribution >= 0.6 is 0 Å². The van der Waals surface area contributed by atoms with Crippen molar-refractivity contribution >= 4 is 17.5 Å². The van der Waals surface area contributed by atoms with E-state index in [9.17, 15) is 9.59 Å². The number of carbonyl (C=O) groups is 2. The van der Waals surface area contributed by atoms with Crippen molar-refractivity contribution in [2.75, 3.05) is 12.3 Å². The Kier molecular flexibility index (Phi) is 2.75. The van der Waals surface area contributed by atoms with Gasteiger partial charge in [-0.1, -0.05) is 12.1 Å². The Morgan fingerprint density at radius 1 is 1.24 bits per heavy atom. The Morgan fingerprint density at radius 2 is 1.82 bits per heavy atom. The SMILES string of the molecule is NC(=O)CNC(=O)C1(c2ccc(N)cc2)CC1. The minimum absolute atomic E-state index is 0.116. The second-order valence-electron chi connectivity index (χ2n) is 4.35. The molecule has 1 aromatic carbocycles. The van der Waals surface area contributed by atoms with Gasteiger partial charge in [-0.3, -0.25) is 9.59 Å². The van der Waals surface area contributed by atoms with Crippen LogP contribution in [0.2, 0.25) is 0 Å². The number of nitrogen functional groups attached to an aromatic ring is 1. The van der Waals surface area contributed by atoms with Crippen LogP contribution in [0.25, 0.3) is 0 Å². The molecule has 0 heterocycles. The van der Waals surface area contributed by atoms with Crippen LogP contribution in [0.4, 0.5) is 5.69 Å². The zero-order chi connectivity index (χ0) is 12.5. The summed E-state index contributed by atoms with van der Waals surface area (Å²) in [6, 6.07) is 7.26. The molecular weight excluding hydrogens is 218 g/mol. The minimum Gasteiger partial charge on any atom is -0.399 e. The maximum Gasteiger partial charge on any atom is 0.236 e. The van der Waals surface area contributed by atoms with Gasteiger partial charge in [0.2, 0.25) is 11.8 Å². The van der Waals surface area contributed by atoms with E-state index < -0.39 is 11.3 Å². The quantitative estimate of drug-likeness (QED) is 0.633. The van der Waals surface area contributed by atoms with E-state index in [0.29, 0.717) is 5.69 Å². The maximum absolute atomic E-state index is 12.0. The highest BCUT2D eigenvalue weighted by molar-refractivity contribution is 5.93. The molecule has 2 rings (SSSR count). The van der Waals surface area contributed by atoms with Gasteiger partial charge in [-0.05, 0) is 30.5 Å². The van der Waals surface area contributed by atoms with E-state index in [4.69, 9.17) is 11.5 Å². The average molecular weight is 233 g/mol. The number of nitrogens with two attached hydrogens (primary N) is 2. The third-order valence-corrected chi connectivity index (χ3v) is 3.07. The van der Waals surface area contributed by atoms with E-state index >= 15 is 0 Å². The maximum atomic E-state index is 12.0. The van der Waals surface area contributed by atoms with Crippen LogP contribution in [-0.4, -0.2) is 18.4 Å². The zero-order valence-corrected chi connectivity index (χ0v) is 9.40. The molecule has 1 aliphatic carbocycles. The normalized spacial score (nSPS) is 16.2. The minimum atomic E-state index is -0.536. The molecule has 1 aromatic rings. The molecule has 0 atom stereocenters. The van der Waals surface area contributed by atoms with Crippen molar-refractivity contribution in [1.29, 1.82) is 0 Å². The van der Waals surface area contributed by atoms with Gasteiger partial charge < -0.3 is 16.8 Å². The van der Waals surface area contributed by atoms with E-state index in [-0.39, 0.29) is 12.5 Å². The Bertz CT molecular complexity index is 449. The summed E-state index contributed by atoms with van der Waals surface area (Å²) in [5, 5.41) is 2.55. The first-order valence-corrected chi connectivity index (χ1v) is 5.47. The largest absolute Gasteiger partial charge is 0.399 e. The molecule has 1 fully saturated rings. The summed E-state index contributed by atoms with van der Waals surface area (Å²) in [4.78, 5) is 22.6. The standard InChI is InChI=1S/C12H15N3O2/c13-9-3-1-8(2-4-9)12(5-6-12)11(17)15-7-10(14)16/h1-4H,5-7,13H2,(H2,14,16)(H,15,17). The van der Waals surface area contributed by atoms with Gasteiger partial charge in [0, 0.05) is 5.69 Å². The average Bonchev–Trinajstić information content (AvgIpc) is 3.08. The number of rotatable bonds is 4. The second kappa shape index (κ2) is 4.08. The monoisotopic (exact) mass is 233 g/mol. The van der Waals surface area contributed by atoms with Gasteiger partial charge >= 0.3 is 0 Å². The fraction of sp³-hybridized carbons (Fsp3) is 0.333. The van der Waals surface area contributed by atoms with Crippen LogP contribution in [0, 0.1) is 0 Å². The Labute approximate surface area is 99.2 Å². The van der Waals surface area contributed by atoms with Gasteiger partial charge in [-0.15, -0.1) is 0 Å². The van der Waals surface area contributed by atoms with Crippen molar-refractivity contribution < 1.29 is 9.59 Å². The molecule has 2 amide bonds. The van der Waals surface area contributed by atoms with Gasteiger partial charge in [0.15, 0.2) is 0 Å². The fourth-order valence-corrected chi connectivity index (χ4v) is 1.91. The van der Waals surface area contributed by atoms with E-state index in [0.717, 1.165) is 18.4 Å². The molecule has 1 saturated carbocycles. The van der Waals surface area contributed by atoms with Gasteiger partial charge in [-0.2, -0.15) is 0 Å². The topological polar surface area (TPSA) is 98.2 Å². The zero-order valence-electron chi connectivity index (χ0n) is 9.40. The van der Waals surface area contributed by atoms with Crippen LogP contribution in [0.3, 0.4) is 0 Å². The summed E-state index contributed by atoms with van der Waals surface area (Å²) in [7, 11) is 0. The van der Waals surface area contributed by atoms with Crippen LogP contribution in [0.1, 0.15) is 18.4 Å². The first-order valence-electron chi connectivity index (χ1n) is 5.47. The van der Waals surface area contributed by atoms with E-state index in [1.165, 1.54) is 0 Å². The van der Waals surface area contributed by atoms with Crippen molar-refractivity contribution in [2.45, 2.75) is 18.3 Å². The first kappa shape index (κ1) is 11.4. The van der Waals surface area contributed by atoms with Crippen molar-refractivity contribution in [3.05, 3.63) is 29.8 Å². The highest BCUT2D eigenvalue weighted by Gasteiger charge is 2.51. The molecular formula is C12H15N3O2. The molecule has 0 saturated heterocycles. The lowest BCUT2D eigenvalue weighted by Gasteiger charge is -2.15. The third kappa shape index (κ3) is 2.22. The van der Waals surface area contributed by atoms with Gasteiger partial charge in [0.25, 0.3) is 0 Å². The first-order chi connectivity index (χ1) is 8.04. The van der Waals surface area contributed by atoms with Gasteiger partial charge in [0.05, 0.1) is 12.0 Å². The smallest absolute Gasteiger partial charge is 0.236 e. The summed E-state index contributed by atoms with van der Waals surface area (Å²) in [6.07, 6.45) is 1.59. The fourth-order valence-electron chi connectivity index (χ4n) is 1.91. The number of benzene rings is 1. The molecule has 5 N–H and O–H groups in total. The van der Waals surface area contributed by atoms with Crippen LogP contribution in [0.15, 0.2) is 24.3 Å². The molecule has 0 unspecified atom stereocenters. The molecule has 0 spiro atoms. The number of nitrogens with one attached hydrogen (secondary N) is 1. The van der Waals surface area contributed by atoms with Crippen molar-refractivity contribution in [2.24, 2.45) is 5.73 Å². The van der Waals surface area contributed by atoms with Crippen LogP contribution < -0.4 is 16.8 Å². The summed E-state index contributed by atoms with van der Waals surface area (Å²) >= 11 is 0. The highest BCUT2D eigenvalue weighted by atomic mass is 16.2. The van der Waals surface area contributed by atoms with Crippen molar-refractivity contribution in [3.8, 4) is 0 Å². The lowest BCUT2D eigenvalue weighted by atomic mass is 9.95. The molecule has 0 aliphatic heterocycles. The molecule has 0 aromatic heterocycles. The van der Waals surface area contributed by atoms with Crippen molar-refractivity contribution in [3.63, 3.8) is 0 Å². The Balaban J connectivity index is 2.11. The van der Waals surface area contributed by atoms with Gasteiger partial charge in [-0.25, -0.2) is 0 Å². The van der Waals surface area contributed by atoms with Crippen LogP contribution in [-0.2, 0) is 15.0 Å². The number of hydrogen-bond acceptors (Lipinski definition) is 3. The molecule has 90 valence electrons. The predicted molar refractivity (Wildman–Crippen MR) is 64.0 cm³/mol. The Morgan fingerprint density at radius 3 is 2.29 bits per heavy atom. The van der Waals surface area contributed by atoms with Crippen LogP contribution in [0.5, 0.6) is 0 Å². The number of anilines is 1. The molecule has 0 radical (unpaired) electrons. The lowest BCUT2D eigenvalue weighted by molar-refractivity contribution is -0.126. The summed E-state index contributed by atoms with van der Waals surface area (Å²) < 4.78 is 0. The number of amides is 2. The predicted octanol–water partition coefficient (Wildman–Crippen LogP) is -0.0981. The molecule has 0 bridgehead atoms. The Hall–Kier alpha value is -2.04. The number of primary amides is 1.